The number of methoxy groups -OCH3 is 1. The van der Waals surface area contributed by atoms with Gasteiger partial charge < -0.3 is 29.7 Å². The van der Waals surface area contributed by atoms with Gasteiger partial charge in [0.15, 0.2) is 0 Å². The van der Waals surface area contributed by atoms with Gasteiger partial charge in [-0.3, -0.25) is 9.69 Å². The molecule has 3 atom stereocenters. The fourth-order valence-corrected chi connectivity index (χ4v) is 8.12. The van der Waals surface area contributed by atoms with Gasteiger partial charge in [0.25, 0.3) is 0 Å². The zero-order valence-corrected chi connectivity index (χ0v) is 32.8. The molecule has 4 aromatic carbocycles. The highest BCUT2D eigenvalue weighted by atomic mass is 16.6. The third-order valence-corrected chi connectivity index (χ3v) is 10.9. The zero-order valence-electron chi connectivity index (χ0n) is 32.8. The standard InChI is InChI=1S/C44H49N7O5/c1-25(2)38(49-42(53)55-6)41(52)50-19-7-9-36(50)39-45-32-17-15-30(23-34(32)47-39)28-13-11-27-22-29(14-12-26(27)21-28)31-16-18-33-35(24-31)48-40(46-33)37-10-8-20-51(37)43(54)56-44(3,4)5/h11-18,21-25,36-38H,7-10,19-20H2,1-6H3,(H,45,47)(H,46,48)(H,49,53)/t36-,37-,38-/m0/s1. The van der Waals surface area contributed by atoms with Crippen LogP contribution in [-0.2, 0) is 14.3 Å². The molecule has 0 spiro atoms. The number of imidazole rings is 2. The molecular weight excluding hydrogens is 707 g/mol. The van der Waals surface area contributed by atoms with Crippen LogP contribution in [0, 0.1) is 5.92 Å². The normalized spacial score (nSPS) is 18.0. The number of ether oxygens (including phenoxy) is 2. The van der Waals surface area contributed by atoms with Crippen molar-refractivity contribution in [1.82, 2.24) is 35.1 Å². The van der Waals surface area contributed by atoms with Crippen molar-refractivity contribution in [3.8, 4) is 22.3 Å². The Morgan fingerprint density at radius 1 is 0.732 bits per heavy atom. The van der Waals surface area contributed by atoms with E-state index in [4.69, 9.17) is 19.4 Å². The molecule has 3 amide bonds. The number of H-pyrrole nitrogens is 2. The van der Waals surface area contributed by atoms with Gasteiger partial charge in [-0.2, -0.15) is 0 Å². The van der Waals surface area contributed by atoms with Crippen molar-refractivity contribution in [3.63, 3.8) is 0 Å². The molecule has 4 heterocycles. The maximum absolute atomic E-state index is 13.6. The minimum absolute atomic E-state index is 0.0995. The number of hydrogen-bond acceptors (Lipinski definition) is 7. The number of amides is 3. The van der Waals surface area contributed by atoms with E-state index in [1.807, 2.05) is 51.7 Å². The van der Waals surface area contributed by atoms with E-state index < -0.39 is 17.7 Å². The lowest BCUT2D eigenvalue weighted by Gasteiger charge is -2.29. The molecule has 0 saturated carbocycles. The lowest BCUT2D eigenvalue weighted by Crippen LogP contribution is -2.51. The molecule has 2 aliphatic rings. The van der Waals surface area contributed by atoms with E-state index in [9.17, 15) is 14.4 Å². The van der Waals surface area contributed by atoms with E-state index in [-0.39, 0.29) is 30.0 Å². The zero-order chi connectivity index (χ0) is 39.3. The Labute approximate surface area is 326 Å². The first-order valence-corrected chi connectivity index (χ1v) is 19.5. The Hall–Kier alpha value is -5.91. The number of carbonyl (C=O) groups excluding carboxylic acids is 3. The third-order valence-electron chi connectivity index (χ3n) is 10.9. The van der Waals surface area contributed by atoms with Crippen molar-refractivity contribution in [2.75, 3.05) is 20.2 Å². The van der Waals surface area contributed by atoms with Crippen LogP contribution in [0.4, 0.5) is 9.59 Å². The fraction of sp³-hybridized carbons (Fsp3) is 0.386. The largest absolute Gasteiger partial charge is 0.453 e. The maximum atomic E-state index is 13.6. The van der Waals surface area contributed by atoms with Crippen molar-refractivity contribution in [2.24, 2.45) is 5.92 Å². The predicted molar refractivity (Wildman–Crippen MR) is 217 cm³/mol. The van der Waals surface area contributed by atoms with Crippen molar-refractivity contribution in [3.05, 3.63) is 84.4 Å². The molecule has 0 bridgehead atoms. The number of aromatic nitrogens is 4. The minimum Gasteiger partial charge on any atom is -0.453 e. The Morgan fingerprint density at radius 2 is 1.21 bits per heavy atom. The van der Waals surface area contributed by atoms with E-state index in [1.54, 1.807) is 4.90 Å². The van der Waals surface area contributed by atoms with Crippen molar-refractivity contribution in [1.29, 1.82) is 0 Å². The first-order chi connectivity index (χ1) is 26.8. The number of hydrogen-bond donors (Lipinski definition) is 3. The molecule has 290 valence electrons. The number of carbonyl (C=O) groups is 3. The van der Waals surface area contributed by atoms with Gasteiger partial charge in [-0.15, -0.1) is 0 Å². The second kappa shape index (κ2) is 14.6. The Balaban J connectivity index is 1.00. The van der Waals surface area contributed by atoms with Crippen LogP contribution >= 0.6 is 0 Å². The molecule has 2 fully saturated rings. The highest BCUT2D eigenvalue weighted by Crippen LogP contribution is 2.36. The van der Waals surface area contributed by atoms with Crippen LogP contribution in [0.15, 0.2) is 72.8 Å². The number of aromatic amines is 2. The molecule has 3 N–H and O–H groups in total. The molecule has 2 aliphatic heterocycles. The quantitative estimate of drug-likeness (QED) is 0.147. The van der Waals surface area contributed by atoms with Gasteiger partial charge in [0.1, 0.15) is 23.3 Å². The Kier molecular flexibility index (Phi) is 9.68. The summed E-state index contributed by atoms with van der Waals surface area (Å²) in [6.45, 7) is 10.7. The average Bonchev–Trinajstić information content (AvgIpc) is 4.00. The van der Waals surface area contributed by atoms with Crippen molar-refractivity contribution in [2.45, 2.75) is 84.0 Å². The van der Waals surface area contributed by atoms with Crippen molar-refractivity contribution >= 4 is 50.9 Å². The number of rotatable bonds is 7. The van der Waals surface area contributed by atoms with E-state index >= 15 is 0 Å². The summed E-state index contributed by atoms with van der Waals surface area (Å²) in [4.78, 5) is 59.0. The number of likely N-dealkylation sites (tertiary alicyclic amines) is 2. The summed E-state index contributed by atoms with van der Waals surface area (Å²) in [7, 11) is 1.30. The topological polar surface area (TPSA) is 146 Å². The molecule has 12 heteroatoms. The van der Waals surface area contributed by atoms with E-state index in [0.29, 0.717) is 13.1 Å². The van der Waals surface area contributed by atoms with Crippen molar-refractivity contribution < 1.29 is 23.9 Å². The molecule has 12 nitrogen and oxygen atoms in total. The number of alkyl carbamates (subject to hydrolysis) is 1. The third kappa shape index (κ3) is 7.27. The summed E-state index contributed by atoms with van der Waals surface area (Å²) in [5.74, 6) is 1.31. The second-order valence-electron chi connectivity index (χ2n) is 16.4. The molecule has 6 aromatic rings. The number of nitrogens with one attached hydrogen (secondary N) is 3. The lowest BCUT2D eigenvalue weighted by atomic mass is 9.97. The molecule has 8 rings (SSSR count). The van der Waals surface area contributed by atoms with Gasteiger partial charge in [-0.25, -0.2) is 19.6 Å². The molecule has 0 unspecified atom stereocenters. The lowest BCUT2D eigenvalue weighted by molar-refractivity contribution is -0.135. The molecule has 56 heavy (non-hydrogen) atoms. The van der Waals surface area contributed by atoms with E-state index in [0.717, 1.165) is 92.4 Å². The van der Waals surface area contributed by atoms with Crippen LogP contribution in [0.2, 0.25) is 0 Å². The molecule has 2 saturated heterocycles. The summed E-state index contributed by atoms with van der Waals surface area (Å²) in [5, 5.41) is 4.98. The average molecular weight is 756 g/mol. The van der Waals surface area contributed by atoms with Crippen LogP contribution in [-0.4, -0.2) is 79.7 Å². The summed E-state index contributed by atoms with van der Waals surface area (Å²) in [5.41, 5.74) is 7.33. The van der Waals surface area contributed by atoms with E-state index in [1.165, 1.54) is 7.11 Å². The monoisotopic (exact) mass is 755 g/mol. The summed E-state index contributed by atoms with van der Waals surface area (Å²) < 4.78 is 10.5. The highest BCUT2D eigenvalue weighted by Gasteiger charge is 2.38. The van der Waals surface area contributed by atoms with Gasteiger partial charge in [0, 0.05) is 13.1 Å². The van der Waals surface area contributed by atoms with Crippen LogP contribution < -0.4 is 5.32 Å². The van der Waals surface area contributed by atoms with E-state index in [2.05, 4.69) is 75.9 Å². The molecule has 0 aliphatic carbocycles. The number of nitrogens with zero attached hydrogens (tertiary/aromatic N) is 4. The van der Waals surface area contributed by atoms with Gasteiger partial charge in [0.2, 0.25) is 5.91 Å². The van der Waals surface area contributed by atoms with Crippen LogP contribution in [0.3, 0.4) is 0 Å². The summed E-state index contributed by atoms with van der Waals surface area (Å²) in [6, 6.07) is 24.5. The smallest absolute Gasteiger partial charge is 0.410 e. The van der Waals surface area contributed by atoms with Gasteiger partial charge in [0.05, 0.1) is 41.3 Å². The minimum atomic E-state index is -0.682. The summed E-state index contributed by atoms with van der Waals surface area (Å²) in [6.07, 6.45) is 2.48. The number of fused-ring (bicyclic) bond motifs is 3. The predicted octanol–water partition coefficient (Wildman–Crippen LogP) is 9.04. The number of benzene rings is 4. The summed E-state index contributed by atoms with van der Waals surface area (Å²) >= 11 is 0. The Bertz CT molecular complexity index is 2460. The maximum Gasteiger partial charge on any atom is 0.410 e. The highest BCUT2D eigenvalue weighted by molar-refractivity contribution is 5.93. The Morgan fingerprint density at radius 3 is 1.71 bits per heavy atom. The van der Waals surface area contributed by atoms with Gasteiger partial charge in [-0.1, -0.05) is 50.2 Å². The van der Waals surface area contributed by atoms with Crippen LogP contribution in [0.1, 0.15) is 84.0 Å². The van der Waals surface area contributed by atoms with Crippen LogP contribution in [0.25, 0.3) is 55.1 Å². The molecule has 2 aromatic heterocycles. The van der Waals surface area contributed by atoms with Crippen LogP contribution in [0.5, 0.6) is 0 Å². The second-order valence-corrected chi connectivity index (χ2v) is 16.4. The van der Waals surface area contributed by atoms with Gasteiger partial charge in [-0.05, 0) is 122 Å². The fourth-order valence-electron chi connectivity index (χ4n) is 8.12. The molecule has 0 radical (unpaired) electrons. The first-order valence-electron chi connectivity index (χ1n) is 19.5. The van der Waals surface area contributed by atoms with Gasteiger partial charge >= 0.3 is 12.2 Å². The molecular formula is C44H49N7O5. The SMILES string of the molecule is COC(=O)N[C@H](C(=O)N1CCC[C@H]1c1nc2ccc(-c3ccc4cc(-c5ccc6nc([C@@H]7CCCN7C(=O)OC(C)(C)C)[nH]c6c5)ccc4c3)cc2[nH]1)C(C)C. The first kappa shape index (κ1) is 37.0.